The zero-order valence-corrected chi connectivity index (χ0v) is 17.1. The molecule has 0 amide bonds. The molecular formula is C21H27ClN2O2S. The van der Waals surface area contributed by atoms with E-state index in [-0.39, 0.29) is 18.4 Å². The van der Waals surface area contributed by atoms with Crippen LogP contribution in [0.1, 0.15) is 36.0 Å². The summed E-state index contributed by atoms with van der Waals surface area (Å²) in [7, 11) is -3.43. The molecule has 1 fully saturated rings. The second kappa shape index (κ2) is 8.74. The first kappa shape index (κ1) is 20.3. The van der Waals surface area contributed by atoms with Gasteiger partial charge in [-0.1, -0.05) is 36.4 Å². The van der Waals surface area contributed by atoms with Gasteiger partial charge in [-0.3, -0.25) is 4.90 Å². The van der Waals surface area contributed by atoms with E-state index in [1.165, 1.54) is 16.7 Å². The van der Waals surface area contributed by atoms with Crippen LogP contribution in [0.15, 0.2) is 53.4 Å². The number of aryl methyl sites for hydroxylation is 2. The lowest BCUT2D eigenvalue weighted by molar-refractivity contribution is 0.200. The molecule has 2 aromatic rings. The minimum atomic E-state index is -3.43. The fraction of sp³-hybridized carbons (Fsp3) is 0.429. The van der Waals surface area contributed by atoms with Crippen molar-refractivity contribution in [1.29, 1.82) is 0 Å². The van der Waals surface area contributed by atoms with Crippen LogP contribution >= 0.6 is 12.4 Å². The Balaban J connectivity index is 0.00000210. The Labute approximate surface area is 168 Å². The van der Waals surface area contributed by atoms with Crippen LogP contribution in [0.25, 0.3) is 0 Å². The third-order valence-electron chi connectivity index (χ3n) is 5.54. The lowest BCUT2D eigenvalue weighted by atomic mass is 10.1. The Kier molecular flexibility index (Phi) is 6.58. The molecular weight excluding hydrogens is 380 g/mol. The van der Waals surface area contributed by atoms with Crippen molar-refractivity contribution in [1.82, 2.24) is 9.62 Å². The minimum absolute atomic E-state index is 0. The van der Waals surface area contributed by atoms with Crippen molar-refractivity contribution < 1.29 is 8.42 Å². The predicted molar refractivity (Wildman–Crippen MR) is 111 cm³/mol. The predicted octanol–water partition coefficient (Wildman–Crippen LogP) is 3.54. The van der Waals surface area contributed by atoms with Crippen molar-refractivity contribution in [2.24, 2.45) is 0 Å². The minimum Gasteiger partial charge on any atom is -0.299 e. The maximum absolute atomic E-state index is 12.7. The molecule has 1 N–H and O–H groups in total. The van der Waals surface area contributed by atoms with Crippen LogP contribution in [0.4, 0.5) is 0 Å². The van der Waals surface area contributed by atoms with Crippen LogP contribution in [-0.4, -0.2) is 32.4 Å². The van der Waals surface area contributed by atoms with Crippen LogP contribution in [0, 0.1) is 0 Å². The molecule has 1 aliphatic heterocycles. The van der Waals surface area contributed by atoms with Crippen LogP contribution in [-0.2, 0) is 29.4 Å². The molecule has 1 saturated heterocycles. The number of hydrogen-bond donors (Lipinski definition) is 1. The molecule has 0 bridgehead atoms. The monoisotopic (exact) mass is 406 g/mol. The molecule has 2 aromatic carbocycles. The number of hydrogen-bond acceptors (Lipinski definition) is 3. The van der Waals surface area contributed by atoms with E-state index >= 15 is 0 Å². The zero-order valence-electron chi connectivity index (χ0n) is 15.4. The topological polar surface area (TPSA) is 49.4 Å². The molecule has 146 valence electrons. The molecule has 0 aromatic heterocycles. The number of piperidine rings is 1. The molecule has 4 rings (SSSR count). The van der Waals surface area contributed by atoms with E-state index in [0.717, 1.165) is 51.7 Å². The summed E-state index contributed by atoms with van der Waals surface area (Å²) >= 11 is 0. The van der Waals surface area contributed by atoms with Crippen molar-refractivity contribution in [3.63, 3.8) is 0 Å². The van der Waals surface area contributed by atoms with Crippen molar-refractivity contribution in [2.45, 2.75) is 49.6 Å². The molecule has 0 radical (unpaired) electrons. The molecule has 1 heterocycles. The van der Waals surface area contributed by atoms with E-state index in [0.29, 0.717) is 4.90 Å². The summed E-state index contributed by atoms with van der Waals surface area (Å²) in [4.78, 5) is 2.82. The first-order chi connectivity index (χ1) is 12.6. The van der Waals surface area contributed by atoms with Gasteiger partial charge >= 0.3 is 0 Å². The van der Waals surface area contributed by atoms with Gasteiger partial charge in [0.05, 0.1) is 4.90 Å². The van der Waals surface area contributed by atoms with Gasteiger partial charge in [-0.05, 0) is 60.9 Å². The fourth-order valence-corrected chi connectivity index (χ4v) is 5.41. The first-order valence-electron chi connectivity index (χ1n) is 9.50. The number of sulfonamides is 1. The first-order valence-corrected chi connectivity index (χ1v) is 11.0. The SMILES string of the molecule is Cl.O=S(=O)(NC1CCN(Cc2ccccc2)CC1)c1ccc2c(c1)CCC2. The molecule has 0 saturated carbocycles. The van der Waals surface area contributed by atoms with Gasteiger partial charge in [0.2, 0.25) is 10.0 Å². The van der Waals surface area contributed by atoms with Crippen LogP contribution < -0.4 is 4.72 Å². The maximum atomic E-state index is 12.7. The second-order valence-corrected chi connectivity index (χ2v) is 9.16. The van der Waals surface area contributed by atoms with E-state index in [1.54, 1.807) is 6.07 Å². The summed E-state index contributed by atoms with van der Waals surface area (Å²) in [6.45, 7) is 2.78. The summed E-state index contributed by atoms with van der Waals surface area (Å²) in [5, 5.41) is 0. The molecule has 0 spiro atoms. The lowest BCUT2D eigenvalue weighted by Gasteiger charge is -2.32. The average molecular weight is 407 g/mol. The van der Waals surface area contributed by atoms with Crippen molar-refractivity contribution >= 4 is 22.4 Å². The van der Waals surface area contributed by atoms with Crippen LogP contribution in [0.3, 0.4) is 0 Å². The fourth-order valence-electron chi connectivity index (χ4n) is 4.05. The molecule has 27 heavy (non-hydrogen) atoms. The van der Waals surface area contributed by atoms with E-state index in [4.69, 9.17) is 0 Å². The number of benzene rings is 2. The highest BCUT2D eigenvalue weighted by Crippen LogP contribution is 2.25. The summed E-state index contributed by atoms with van der Waals surface area (Å²) in [6.07, 6.45) is 4.92. The van der Waals surface area contributed by atoms with Crippen molar-refractivity contribution in [3.05, 3.63) is 65.2 Å². The Bertz CT molecular complexity index is 863. The van der Waals surface area contributed by atoms with E-state index in [9.17, 15) is 8.42 Å². The number of halogens is 1. The summed E-state index contributed by atoms with van der Waals surface area (Å²) in [5.74, 6) is 0. The normalized spacial score (nSPS) is 18.1. The van der Waals surface area contributed by atoms with Crippen LogP contribution in [0.5, 0.6) is 0 Å². The Morgan fingerprint density at radius 1 is 0.963 bits per heavy atom. The van der Waals surface area contributed by atoms with Gasteiger partial charge in [0.1, 0.15) is 0 Å². The number of nitrogens with zero attached hydrogens (tertiary/aromatic N) is 1. The Morgan fingerprint density at radius 2 is 1.67 bits per heavy atom. The van der Waals surface area contributed by atoms with Crippen molar-refractivity contribution in [2.75, 3.05) is 13.1 Å². The smallest absolute Gasteiger partial charge is 0.240 e. The Morgan fingerprint density at radius 3 is 2.41 bits per heavy atom. The molecule has 2 aliphatic rings. The van der Waals surface area contributed by atoms with Crippen LogP contribution in [0.2, 0.25) is 0 Å². The number of likely N-dealkylation sites (tertiary alicyclic amines) is 1. The highest BCUT2D eigenvalue weighted by atomic mass is 35.5. The third-order valence-corrected chi connectivity index (χ3v) is 7.06. The maximum Gasteiger partial charge on any atom is 0.240 e. The molecule has 0 atom stereocenters. The van der Waals surface area contributed by atoms with E-state index in [2.05, 4.69) is 33.9 Å². The van der Waals surface area contributed by atoms with Gasteiger partial charge < -0.3 is 0 Å². The average Bonchev–Trinajstić information content (AvgIpc) is 3.12. The third kappa shape index (κ3) is 4.91. The van der Waals surface area contributed by atoms with Gasteiger partial charge in [-0.2, -0.15) is 0 Å². The Hall–Kier alpha value is -1.40. The quantitative estimate of drug-likeness (QED) is 0.826. The van der Waals surface area contributed by atoms with Crippen molar-refractivity contribution in [3.8, 4) is 0 Å². The van der Waals surface area contributed by atoms with Gasteiger partial charge in [-0.15, -0.1) is 12.4 Å². The van der Waals surface area contributed by atoms with Gasteiger partial charge in [-0.25, -0.2) is 13.1 Å². The van der Waals surface area contributed by atoms with Gasteiger partial charge in [0.25, 0.3) is 0 Å². The second-order valence-electron chi connectivity index (χ2n) is 7.44. The van der Waals surface area contributed by atoms with E-state index < -0.39 is 10.0 Å². The highest BCUT2D eigenvalue weighted by Gasteiger charge is 2.25. The molecule has 6 heteroatoms. The lowest BCUT2D eigenvalue weighted by Crippen LogP contribution is -2.44. The summed E-state index contributed by atoms with van der Waals surface area (Å²) < 4.78 is 28.4. The van der Waals surface area contributed by atoms with Gasteiger partial charge in [0.15, 0.2) is 0 Å². The molecule has 4 nitrogen and oxygen atoms in total. The zero-order chi connectivity index (χ0) is 18.0. The number of fused-ring (bicyclic) bond motifs is 1. The largest absolute Gasteiger partial charge is 0.299 e. The molecule has 0 unspecified atom stereocenters. The van der Waals surface area contributed by atoms with Gasteiger partial charge in [0, 0.05) is 25.7 Å². The highest BCUT2D eigenvalue weighted by molar-refractivity contribution is 7.89. The summed E-state index contributed by atoms with van der Waals surface area (Å²) in [6, 6.07) is 16.1. The number of nitrogens with one attached hydrogen (secondary N) is 1. The number of rotatable bonds is 5. The summed E-state index contributed by atoms with van der Waals surface area (Å²) in [5.41, 5.74) is 3.81. The van der Waals surface area contributed by atoms with E-state index in [1.807, 2.05) is 18.2 Å². The molecule has 1 aliphatic carbocycles. The standard InChI is InChI=1S/C21H26N2O2S.ClH/c24-26(25,21-10-9-18-7-4-8-19(18)15-21)22-20-11-13-23(14-12-20)16-17-5-2-1-3-6-17;/h1-3,5-6,9-10,15,20,22H,4,7-8,11-14,16H2;1H.